The molecule has 0 bridgehead atoms. The molecule has 4 heteroatoms. The Kier molecular flexibility index (Phi) is 3.58. The topological polar surface area (TPSA) is 47.9 Å². The van der Waals surface area contributed by atoms with Gasteiger partial charge in [-0.2, -0.15) is 0 Å². The molecule has 1 aliphatic rings. The Morgan fingerprint density at radius 2 is 2.05 bits per heavy atom. The first-order valence-corrected chi connectivity index (χ1v) is 6.44. The number of aliphatic hydroxyl groups excluding tert-OH is 1. The highest BCUT2D eigenvalue weighted by atomic mass is 16.7. The van der Waals surface area contributed by atoms with Gasteiger partial charge in [-0.15, -0.1) is 0 Å². The second kappa shape index (κ2) is 5.53. The van der Waals surface area contributed by atoms with Crippen molar-refractivity contribution in [3.63, 3.8) is 0 Å². The van der Waals surface area contributed by atoms with Crippen molar-refractivity contribution < 1.29 is 19.3 Å². The molecule has 0 aromatic heterocycles. The third kappa shape index (κ3) is 2.35. The van der Waals surface area contributed by atoms with Crippen LogP contribution in [0.3, 0.4) is 0 Å². The fraction of sp³-hybridized carbons (Fsp3) is 0.250. The summed E-state index contributed by atoms with van der Waals surface area (Å²) >= 11 is 0. The average Bonchev–Trinajstić information content (AvgIpc) is 2.63. The van der Waals surface area contributed by atoms with E-state index in [2.05, 4.69) is 0 Å². The van der Waals surface area contributed by atoms with Gasteiger partial charge in [0.2, 0.25) is 0 Å². The Morgan fingerprint density at radius 1 is 1.20 bits per heavy atom. The van der Waals surface area contributed by atoms with Gasteiger partial charge in [-0.05, 0) is 29.3 Å². The molecule has 1 aliphatic heterocycles. The van der Waals surface area contributed by atoms with Crippen LogP contribution >= 0.6 is 0 Å². The zero-order valence-electron chi connectivity index (χ0n) is 11.2. The third-order valence-electron chi connectivity index (χ3n) is 3.35. The first kappa shape index (κ1) is 13.0. The summed E-state index contributed by atoms with van der Waals surface area (Å²) in [5, 5.41) is 10.6. The van der Waals surface area contributed by atoms with Gasteiger partial charge in [-0.1, -0.05) is 24.3 Å². The Balaban J connectivity index is 1.99. The van der Waals surface area contributed by atoms with Crippen LogP contribution in [0.4, 0.5) is 0 Å². The largest absolute Gasteiger partial charge is 0.488 e. The summed E-state index contributed by atoms with van der Waals surface area (Å²) in [4.78, 5) is 0. The van der Waals surface area contributed by atoms with Crippen LogP contribution in [-0.4, -0.2) is 19.0 Å². The third-order valence-corrected chi connectivity index (χ3v) is 3.35. The van der Waals surface area contributed by atoms with E-state index in [1.54, 1.807) is 19.2 Å². The van der Waals surface area contributed by atoms with Crippen LogP contribution in [-0.2, 0) is 11.3 Å². The van der Waals surface area contributed by atoms with E-state index in [1.807, 2.05) is 30.3 Å². The van der Waals surface area contributed by atoms with Crippen LogP contribution in [0.2, 0.25) is 0 Å². The fourth-order valence-electron chi connectivity index (χ4n) is 2.34. The molecule has 104 valence electrons. The lowest BCUT2D eigenvalue weighted by Crippen LogP contribution is -2.03. The molecule has 0 fully saturated rings. The first-order valence-electron chi connectivity index (χ1n) is 6.44. The Labute approximate surface area is 117 Å². The molecule has 0 radical (unpaired) electrons. The molecule has 0 spiro atoms. The monoisotopic (exact) mass is 272 g/mol. The number of hydrogen-bond acceptors (Lipinski definition) is 4. The Morgan fingerprint density at radius 3 is 2.90 bits per heavy atom. The SMILES string of the molecule is COCOc1ccc2c(c1)C(O)c1ccccc1CO2. The van der Waals surface area contributed by atoms with Crippen LogP contribution < -0.4 is 9.47 Å². The normalized spacial score (nSPS) is 16.6. The van der Waals surface area contributed by atoms with Crippen LogP contribution in [0.5, 0.6) is 11.5 Å². The average molecular weight is 272 g/mol. The number of fused-ring (bicyclic) bond motifs is 2. The van der Waals surface area contributed by atoms with E-state index in [0.29, 0.717) is 23.7 Å². The second-order valence-electron chi connectivity index (χ2n) is 4.64. The van der Waals surface area contributed by atoms with Gasteiger partial charge in [0.25, 0.3) is 0 Å². The maximum Gasteiger partial charge on any atom is 0.188 e. The van der Waals surface area contributed by atoms with Gasteiger partial charge < -0.3 is 19.3 Å². The van der Waals surface area contributed by atoms with E-state index in [0.717, 1.165) is 11.1 Å². The molecular formula is C16H16O4. The van der Waals surface area contributed by atoms with Crippen LogP contribution in [0.1, 0.15) is 22.8 Å². The molecule has 0 aliphatic carbocycles. The molecule has 0 saturated carbocycles. The first-order chi connectivity index (χ1) is 9.79. The minimum absolute atomic E-state index is 0.173. The van der Waals surface area contributed by atoms with E-state index in [-0.39, 0.29) is 6.79 Å². The highest BCUT2D eigenvalue weighted by Gasteiger charge is 2.23. The fourth-order valence-corrected chi connectivity index (χ4v) is 2.34. The van der Waals surface area contributed by atoms with Crippen LogP contribution in [0.25, 0.3) is 0 Å². The van der Waals surface area contributed by atoms with Gasteiger partial charge in [-0.3, -0.25) is 0 Å². The standard InChI is InChI=1S/C16H16O4/c1-18-10-20-12-6-7-15-14(8-12)16(17)13-5-3-2-4-11(13)9-19-15/h2-8,16-17H,9-10H2,1H3. The van der Waals surface area contributed by atoms with Crippen LogP contribution in [0.15, 0.2) is 42.5 Å². The Hall–Kier alpha value is -2.04. The number of aliphatic hydroxyl groups is 1. The molecule has 1 atom stereocenters. The molecule has 1 heterocycles. The second-order valence-corrected chi connectivity index (χ2v) is 4.64. The summed E-state index contributed by atoms with van der Waals surface area (Å²) in [5.74, 6) is 1.33. The van der Waals surface area contributed by atoms with Crippen LogP contribution in [0, 0.1) is 0 Å². The van der Waals surface area contributed by atoms with Gasteiger partial charge in [0, 0.05) is 12.7 Å². The molecule has 2 aromatic rings. The maximum absolute atomic E-state index is 10.6. The summed E-state index contributed by atoms with van der Waals surface area (Å²) in [6.45, 7) is 0.630. The van der Waals surface area contributed by atoms with E-state index in [9.17, 15) is 5.11 Å². The van der Waals surface area contributed by atoms with Crippen molar-refractivity contribution in [1.29, 1.82) is 0 Å². The minimum Gasteiger partial charge on any atom is -0.488 e. The molecular weight excluding hydrogens is 256 g/mol. The molecule has 3 rings (SSSR count). The number of hydrogen-bond donors (Lipinski definition) is 1. The predicted octanol–water partition coefficient (Wildman–Crippen LogP) is 2.64. The highest BCUT2D eigenvalue weighted by Crippen LogP contribution is 2.37. The van der Waals surface area contributed by atoms with E-state index >= 15 is 0 Å². The van der Waals surface area contributed by atoms with Gasteiger partial charge in [0.15, 0.2) is 6.79 Å². The molecule has 2 aromatic carbocycles. The lowest BCUT2D eigenvalue weighted by atomic mass is 9.97. The van der Waals surface area contributed by atoms with Gasteiger partial charge in [0.05, 0.1) is 0 Å². The molecule has 20 heavy (non-hydrogen) atoms. The van der Waals surface area contributed by atoms with Crippen molar-refractivity contribution in [2.24, 2.45) is 0 Å². The molecule has 1 N–H and O–H groups in total. The summed E-state index contributed by atoms with van der Waals surface area (Å²) in [6.07, 6.45) is -0.713. The van der Waals surface area contributed by atoms with Crippen molar-refractivity contribution in [3.05, 3.63) is 59.2 Å². The molecule has 1 unspecified atom stereocenters. The van der Waals surface area contributed by atoms with E-state index in [4.69, 9.17) is 14.2 Å². The van der Waals surface area contributed by atoms with E-state index < -0.39 is 6.10 Å². The molecule has 4 nitrogen and oxygen atoms in total. The zero-order valence-corrected chi connectivity index (χ0v) is 11.2. The highest BCUT2D eigenvalue weighted by molar-refractivity contribution is 5.48. The van der Waals surface area contributed by atoms with Crippen molar-refractivity contribution in [2.45, 2.75) is 12.7 Å². The molecule has 0 saturated heterocycles. The van der Waals surface area contributed by atoms with Gasteiger partial charge in [-0.25, -0.2) is 0 Å². The van der Waals surface area contributed by atoms with Crippen molar-refractivity contribution in [2.75, 3.05) is 13.9 Å². The number of ether oxygens (including phenoxy) is 3. The number of methoxy groups -OCH3 is 1. The summed E-state index contributed by atoms with van der Waals surface area (Å²) in [6, 6.07) is 13.2. The predicted molar refractivity (Wildman–Crippen MR) is 73.8 cm³/mol. The zero-order chi connectivity index (χ0) is 13.9. The molecule has 0 amide bonds. The summed E-state index contributed by atoms with van der Waals surface area (Å²) < 4.78 is 16.0. The van der Waals surface area contributed by atoms with Gasteiger partial charge >= 0.3 is 0 Å². The quantitative estimate of drug-likeness (QED) is 0.873. The Bertz CT molecular complexity index is 609. The summed E-state index contributed by atoms with van der Waals surface area (Å²) in [7, 11) is 1.57. The van der Waals surface area contributed by atoms with Gasteiger partial charge in [0.1, 0.15) is 24.2 Å². The summed E-state index contributed by atoms with van der Waals surface area (Å²) in [5.41, 5.74) is 2.58. The minimum atomic E-state index is -0.713. The number of benzene rings is 2. The van der Waals surface area contributed by atoms with E-state index in [1.165, 1.54) is 0 Å². The lowest BCUT2D eigenvalue weighted by molar-refractivity contribution is 0.0508. The van der Waals surface area contributed by atoms with Crippen molar-refractivity contribution >= 4 is 0 Å². The van der Waals surface area contributed by atoms with Crippen molar-refractivity contribution in [3.8, 4) is 11.5 Å². The smallest absolute Gasteiger partial charge is 0.188 e. The van der Waals surface area contributed by atoms with Crippen molar-refractivity contribution in [1.82, 2.24) is 0 Å². The lowest BCUT2D eigenvalue weighted by Gasteiger charge is -2.14. The maximum atomic E-state index is 10.6. The number of rotatable bonds is 3.